The number of nitrogens with one attached hydrogen (secondary N) is 1. The van der Waals surface area contributed by atoms with Crippen LogP contribution in [-0.4, -0.2) is 58.4 Å². The zero-order valence-electron chi connectivity index (χ0n) is 16.4. The van der Waals surface area contributed by atoms with Gasteiger partial charge in [-0.15, -0.1) is 0 Å². The molecular weight excluding hydrogens is 354 g/mol. The molecule has 1 aromatic carbocycles. The van der Waals surface area contributed by atoms with Crippen molar-refractivity contribution >= 4 is 28.7 Å². The lowest BCUT2D eigenvalue weighted by Gasteiger charge is -2.38. The Morgan fingerprint density at radius 1 is 1.11 bits per heavy atom. The van der Waals surface area contributed by atoms with Crippen LogP contribution in [0, 0.1) is 0 Å². The summed E-state index contributed by atoms with van der Waals surface area (Å²) in [6.07, 6.45) is 7.04. The Morgan fingerprint density at radius 3 is 2.71 bits per heavy atom. The van der Waals surface area contributed by atoms with Gasteiger partial charge in [-0.25, -0.2) is 9.97 Å². The Kier molecular flexibility index (Phi) is 5.15. The maximum atomic E-state index is 12.4. The number of amides is 2. The highest BCUT2D eigenvalue weighted by Crippen LogP contribution is 2.40. The van der Waals surface area contributed by atoms with Crippen molar-refractivity contribution in [3.63, 3.8) is 0 Å². The predicted molar refractivity (Wildman–Crippen MR) is 108 cm³/mol. The maximum absolute atomic E-state index is 12.4. The van der Waals surface area contributed by atoms with Crippen molar-refractivity contribution in [2.24, 2.45) is 0 Å². The minimum atomic E-state index is -0.171. The third kappa shape index (κ3) is 3.66. The van der Waals surface area contributed by atoms with Crippen molar-refractivity contribution in [2.75, 3.05) is 31.1 Å². The van der Waals surface area contributed by atoms with E-state index >= 15 is 0 Å². The van der Waals surface area contributed by atoms with E-state index in [9.17, 15) is 9.59 Å². The molecule has 0 unspecified atom stereocenters. The lowest BCUT2D eigenvalue weighted by atomic mass is 9.88. The maximum Gasteiger partial charge on any atom is 0.241 e. The van der Waals surface area contributed by atoms with Crippen molar-refractivity contribution in [1.29, 1.82) is 0 Å². The van der Waals surface area contributed by atoms with E-state index < -0.39 is 0 Å². The van der Waals surface area contributed by atoms with Crippen LogP contribution in [0.25, 0.3) is 10.9 Å². The number of hydrogen-bond donors (Lipinski definition) is 1. The van der Waals surface area contributed by atoms with Crippen LogP contribution in [0.15, 0.2) is 30.5 Å². The molecule has 2 amide bonds. The Balaban J connectivity index is 1.51. The van der Waals surface area contributed by atoms with Gasteiger partial charge < -0.3 is 15.1 Å². The Hall–Kier alpha value is -2.70. The van der Waals surface area contributed by atoms with Gasteiger partial charge in [-0.1, -0.05) is 18.2 Å². The summed E-state index contributed by atoms with van der Waals surface area (Å²) in [4.78, 5) is 37.3. The summed E-state index contributed by atoms with van der Waals surface area (Å²) < 4.78 is 0. The molecule has 0 aliphatic carbocycles. The molecule has 2 aromatic rings. The summed E-state index contributed by atoms with van der Waals surface area (Å²) in [7, 11) is 0. The van der Waals surface area contributed by atoms with E-state index in [2.05, 4.69) is 15.2 Å². The molecule has 1 spiro atoms. The number of anilines is 1. The molecule has 2 aliphatic rings. The SMILES string of the molecule is CC(=O)NCC(=O)N1CCC[C@@]2(CCCN2c2ncc3ccccc3n2)CC1. The largest absolute Gasteiger partial charge is 0.347 e. The smallest absolute Gasteiger partial charge is 0.241 e. The van der Waals surface area contributed by atoms with Gasteiger partial charge in [0, 0.05) is 43.7 Å². The molecular formula is C21H27N5O2. The number of carbonyl (C=O) groups is 2. The van der Waals surface area contributed by atoms with Gasteiger partial charge in [0.1, 0.15) is 0 Å². The lowest BCUT2D eigenvalue weighted by Crippen LogP contribution is -2.46. The number of carbonyl (C=O) groups excluding carboxylic acids is 2. The van der Waals surface area contributed by atoms with Crippen LogP contribution in [0.2, 0.25) is 0 Å². The second-order valence-corrected chi connectivity index (χ2v) is 7.85. The highest BCUT2D eigenvalue weighted by Gasteiger charge is 2.43. The Morgan fingerprint density at radius 2 is 1.89 bits per heavy atom. The molecule has 1 aromatic heterocycles. The molecule has 7 nitrogen and oxygen atoms in total. The van der Waals surface area contributed by atoms with E-state index in [1.807, 2.05) is 35.4 Å². The van der Waals surface area contributed by atoms with Gasteiger partial charge in [-0.2, -0.15) is 0 Å². The van der Waals surface area contributed by atoms with Gasteiger partial charge in [-0.3, -0.25) is 9.59 Å². The van der Waals surface area contributed by atoms with E-state index in [4.69, 9.17) is 4.98 Å². The summed E-state index contributed by atoms with van der Waals surface area (Å²) in [5.74, 6) is 0.628. The van der Waals surface area contributed by atoms with Crippen molar-refractivity contribution in [3.8, 4) is 0 Å². The molecule has 7 heteroatoms. The first-order chi connectivity index (χ1) is 13.6. The van der Waals surface area contributed by atoms with E-state index in [1.54, 1.807) is 0 Å². The fraction of sp³-hybridized carbons (Fsp3) is 0.524. The molecule has 4 rings (SSSR count). The number of para-hydroxylation sites is 1. The van der Waals surface area contributed by atoms with Gasteiger partial charge >= 0.3 is 0 Å². The number of rotatable bonds is 3. The second kappa shape index (κ2) is 7.73. The molecule has 2 fully saturated rings. The number of fused-ring (bicyclic) bond motifs is 1. The van der Waals surface area contributed by atoms with Gasteiger partial charge in [0.25, 0.3) is 0 Å². The molecule has 2 aliphatic heterocycles. The van der Waals surface area contributed by atoms with Crippen LogP contribution in [0.1, 0.15) is 39.0 Å². The average molecular weight is 381 g/mol. The predicted octanol–water partition coefficient (Wildman–Crippen LogP) is 2.12. The van der Waals surface area contributed by atoms with Crippen molar-refractivity contribution < 1.29 is 9.59 Å². The molecule has 0 bridgehead atoms. The summed E-state index contributed by atoms with van der Waals surface area (Å²) in [5.41, 5.74) is 0.987. The van der Waals surface area contributed by atoms with Crippen LogP contribution < -0.4 is 10.2 Å². The molecule has 3 heterocycles. The number of benzene rings is 1. The molecule has 2 saturated heterocycles. The van der Waals surface area contributed by atoms with Crippen LogP contribution in [0.5, 0.6) is 0 Å². The zero-order valence-corrected chi connectivity index (χ0v) is 16.4. The lowest BCUT2D eigenvalue weighted by molar-refractivity contribution is -0.132. The number of hydrogen-bond acceptors (Lipinski definition) is 5. The summed E-state index contributed by atoms with van der Waals surface area (Å²) in [6.45, 7) is 3.93. The first-order valence-electron chi connectivity index (χ1n) is 10.1. The van der Waals surface area contributed by atoms with Crippen molar-refractivity contribution in [2.45, 2.75) is 44.6 Å². The highest BCUT2D eigenvalue weighted by molar-refractivity contribution is 5.83. The van der Waals surface area contributed by atoms with E-state index in [0.29, 0.717) is 6.54 Å². The van der Waals surface area contributed by atoms with Crippen LogP contribution in [0.3, 0.4) is 0 Å². The van der Waals surface area contributed by atoms with E-state index in [1.165, 1.54) is 6.92 Å². The van der Waals surface area contributed by atoms with Gasteiger partial charge in [0.05, 0.1) is 12.1 Å². The Labute approximate surface area is 165 Å². The van der Waals surface area contributed by atoms with E-state index in [0.717, 1.165) is 62.0 Å². The minimum Gasteiger partial charge on any atom is -0.347 e. The molecule has 0 radical (unpaired) electrons. The summed E-state index contributed by atoms with van der Waals surface area (Å²) >= 11 is 0. The first-order valence-corrected chi connectivity index (χ1v) is 10.1. The quantitative estimate of drug-likeness (QED) is 0.881. The van der Waals surface area contributed by atoms with Crippen molar-refractivity contribution in [3.05, 3.63) is 30.5 Å². The average Bonchev–Trinajstić information content (AvgIpc) is 2.99. The van der Waals surface area contributed by atoms with Crippen LogP contribution >= 0.6 is 0 Å². The van der Waals surface area contributed by atoms with Gasteiger partial charge in [-0.05, 0) is 38.2 Å². The minimum absolute atomic E-state index is 0.00116. The first kappa shape index (κ1) is 18.7. The fourth-order valence-electron chi connectivity index (χ4n) is 4.60. The molecule has 0 saturated carbocycles. The van der Waals surface area contributed by atoms with Crippen molar-refractivity contribution in [1.82, 2.24) is 20.2 Å². The van der Waals surface area contributed by atoms with Gasteiger partial charge in [0.15, 0.2) is 0 Å². The normalized spacial score (nSPS) is 22.5. The number of likely N-dealkylation sites (tertiary alicyclic amines) is 1. The van der Waals surface area contributed by atoms with Crippen LogP contribution in [0.4, 0.5) is 5.95 Å². The topological polar surface area (TPSA) is 78.4 Å². The summed E-state index contributed by atoms with van der Waals surface area (Å²) in [6, 6.07) is 8.06. The molecule has 28 heavy (non-hydrogen) atoms. The second-order valence-electron chi connectivity index (χ2n) is 7.85. The highest BCUT2D eigenvalue weighted by atomic mass is 16.2. The van der Waals surface area contributed by atoms with E-state index in [-0.39, 0.29) is 23.9 Å². The van der Waals surface area contributed by atoms with Crippen LogP contribution in [-0.2, 0) is 9.59 Å². The monoisotopic (exact) mass is 381 g/mol. The Bertz CT molecular complexity index is 886. The number of aromatic nitrogens is 2. The zero-order chi connectivity index (χ0) is 19.6. The molecule has 148 valence electrons. The third-order valence-electron chi connectivity index (χ3n) is 6.07. The van der Waals surface area contributed by atoms with Gasteiger partial charge in [0.2, 0.25) is 17.8 Å². The third-order valence-corrected chi connectivity index (χ3v) is 6.07. The molecule has 1 atom stereocenters. The number of nitrogens with zero attached hydrogens (tertiary/aromatic N) is 4. The fourth-order valence-corrected chi connectivity index (χ4v) is 4.60. The summed E-state index contributed by atoms with van der Waals surface area (Å²) in [5, 5.41) is 3.67. The standard InChI is InChI=1S/C21H27N5O2/c1-16(27)22-15-19(28)25-11-4-8-21(10-13-25)9-5-12-26(21)20-23-14-17-6-2-3-7-18(17)24-20/h2-3,6-7,14H,4-5,8-13,15H2,1H3,(H,22,27)/t21-/m1/s1. The molecule has 1 N–H and O–H groups in total.